The second-order valence-corrected chi connectivity index (χ2v) is 12.7. The Morgan fingerprint density at radius 3 is 2.40 bits per heavy atom. The lowest BCUT2D eigenvalue weighted by molar-refractivity contribution is 0.101. The quantitative estimate of drug-likeness (QED) is 0.117. The maximum Gasteiger partial charge on any atom is 0.200 e. The smallest absolute Gasteiger partial charge is 0.200 e. The molecule has 0 bridgehead atoms. The first-order chi connectivity index (χ1) is 22.8. The number of carbonyl (C=O) groups is 1. The normalized spacial score (nSPS) is 14.9. The van der Waals surface area contributed by atoms with Crippen LogP contribution in [-0.2, 0) is 17.6 Å². The average Bonchev–Trinajstić information content (AvgIpc) is 3.50. The minimum Gasteiger partial charge on any atom is -0.451 e. The lowest BCUT2D eigenvalue weighted by atomic mass is 10.0. The van der Waals surface area contributed by atoms with Gasteiger partial charge >= 0.3 is 0 Å². The predicted molar refractivity (Wildman–Crippen MR) is 188 cm³/mol. The van der Waals surface area contributed by atoms with Crippen molar-refractivity contribution in [3.05, 3.63) is 106 Å². The second kappa shape index (κ2) is 14.1. The number of aromatic nitrogens is 1. The number of ether oxygens (including phenoxy) is 2. The highest BCUT2D eigenvalue weighted by Gasteiger charge is 2.32. The summed E-state index contributed by atoms with van der Waals surface area (Å²) in [7, 11) is 0. The highest BCUT2D eigenvalue weighted by molar-refractivity contribution is 6.02. The number of Topliss-reactive ketones (excluding diaryl/α,β-unsaturated/α-hetero) is 1. The Hall–Kier alpha value is -4.49. The molecule has 0 amide bonds. The number of aryl methyl sites for hydroxylation is 2. The average molecular weight is 635 g/mol. The van der Waals surface area contributed by atoms with Gasteiger partial charge in [0.2, 0.25) is 0 Å². The number of halogens is 1. The predicted octanol–water partition coefficient (Wildman–Crippen LogP) is 9.05. The summed E-state index contributed by atoms with van der Waals surface area (Å²) in [6.45, 7) is 11.1. The van der Waals surface area contributed by atoms with Crippen molar-refractivity contribution in [2.45, 2.75) is 59.8 Å². The molecule has 2 aliphatic rings. The van der Waals surface area contributed by atoms with E-state index in [1.807, 2.05) is 45.9 Å². The maximum absolute atomic E-state index is 15.5. The number of anilines is 1. The zero-order valence-corrected chi connectivity index (χ0v) is 27.8. The van der Waals surface area contributed by atoms with Crippen molar-refractivity contribution in [3.8, 4) is 17.2 Å². The van der Waals surface area contributed by atoms with Crippen molar-refractivity contribution < 1.29 is 18.7 Å². The minimum absolute atomic E-state index is 0.0337. The van der Waals surface area contributed by atoms with Crippen molar-refractivity contribution in [2.24, 2.45) is 5.92 Å². The van der Waals surface area contributed by atoms with Gasteiger partial charge < -0.3 is 18.9 Å². The molecule has 6 nitrogen and oxygen atoms in total. The molecule has 4 aromatic carbocycles. The molecule has 0 spiro atoms. The van der Waals surface area contributed by atoms with Crippen LogP contribution in [0.5, 0.6) is 11.5 Å². The Kier molecular flexibility index (Phi) is 9.73. The summed E-state index contributed by atoms with van der Waals surface area (Å²) >= 11 is 0. The number of ketones is 1. The Morgan fingerprint density at radius 2 is 1.72 bits per heavy atom. The zero-order chi connectivity index (χ0) is 33.1. The van der Waals surface area contributed by atoms with E-state index in [9.17, 15) is 9.59 Å². The van der Waals surface area contributed by atoms with Gasteiger partial charge in [-0.1, -0.05) is 69.3 Å². The van der Waals surface area contributed by atoms with Crippen molar-refractivity contribution in [1.82, 2.24) is 4.57 Å². The van der Waals surface area contributed by atoms with Crippen molar-refractivity contribution in [1.29, 1.82) is 0 Å². The summed E-state index contributed by atoms with van der Waals surface area (Å²) in [5.41, 5.74) is 4.12. The van der Waals surface area contributed by atoms with Crippen LogP contribution in [0.2, 0.25) is 0 Å². The van der Waals surface area contributed by atoms with Gasteiger partial charge in [-0.2, -0.15) is 0 Å². The molecule has 7 heteroatoms. The number of rotatable bonds is 9. The molecule has 244 valence electrons. The highest BCUT2D eigenvalue weighted by Crippen LogP contribution is 2.48. The van der Waals surface area contributed by atoms with E-state index in [1.54, 1.807) is 6.20 Å². The number of hydrogen-bond donors (Lipinski definition) is 0. The maximum atomic E-state index is 15.5. The van der Waals surface area contributed by atoms with Crippen molar-refractivity contribution in [3.63, 3.8) is 0 Å². The molecule has 0 N–H and O–H groups in total. The van der Waals surface area contributed by atoms with E-state index < -0.39 is 11.2 Å². The number of nitrogens with zero attached hydrogens (tertiary/aromatic N) is 2. The molecule has 7 rings (SSSR count). The van der Waals surface area contributed by atoms with Crippen LogP contribution in [0.3, 0.4) is 0 Å². The lowest BCUT2D eigenvalue weighted by Gasteiger charge is -2.29. The number of carbonyl (C=O) groups excluding carboxylic acids is 1. The van der Waals surface area contributed by atoms with Gasteiger partial charge in [0.25, 0.3) is 0 Å². The molecule has 47 heavy (non-hydrogen) atoms. The molecule has 3 heterocycles. The van der Waals surface area contributed by atoms with Crippen molar-refractivity contribution in [2.75, 3.05) is 31.2 Å². The molecule has 0 saturated carbocycles. The molecule has 1 fully saturated rings. The Labute approximate surface area is 275 Å². The SMILES string of the molecule is CC(=O)c1cn2c3c(c(N4CCC(C)C4)c(F)cc3c1=O)Oc1cc3ccccc3cc1-2.CCCOCCCc1ccccc1CC. The first kappa shape index (κ1) is 32.5. The van der Waals surface area contributed by atoms with E-state index in [4.69, 9.17) is 9.47 Å². The standard InChI is InChI=1S/C26H21FN2O3.C14H22O/c1-14-7-8-28(12-14)24-20(27)11-18-23-26(24)32-22-10-17-6-4-3-5-16(17)9-21(22)29(23)13-19(15(2)30)25(18)31;1-3-11-15-12-7-10-14-9-6-5-8-13(14)4-2/h3-6,9-11,13-14H,7-8,12H2,1-2H3;5-6,8-9H,3-4,7,10-12H2,1-2H3. The third kappa shape index (κ3) is 6.54. The topological polar surface area (TPSA) is 60.8 Å². The fourth-order valence-electron chi connectivity index (χ4n) is 6.73. The van der Waals surface area contributed by atoms with Crippen LogP contribution in [0.4, 0.5) is 10.1 Å². The van der Waals surface area contributed by atoms with Gasteiger partial charge in [0.1, 0.15) is 11.2 Å². The zero-order valence-electron chi connectivity index (χ0n) is 27.8. The van der Waals surface area contributed by atoms with Crippen LogP contribution in [0.25, 0.3) is 27.4 Å². The summed E-state index contributed by atoms with van der Waals surface area (Å²) in [5, 5.41) is 2.15. The summed E-state index contributed by atoms with van der Waals surface area (Å²) in [6, 6.07) is 21.8. The van der Waals surface area contributed by atoms with Crippen LogP contribution in [0, 0.1) is 11.7 Å². The highest BCUT2D eigenvalue weighted by atomic mass is 19.1. The van der Waals surface area contributed by atoms with Gasteiger partial charge in [-0.15, -0.1) is 0 Å². The fraction of sp³-hybridized carbons (Fsp3) is 0.350. The largest absolute Gasteiger partial charge is 0.451 e. The first-order valence-electron chi connectivity index (χ1n) is 16.8. The van der Waals surface area contributed by atoms with E-state index in [2.05, 4.69) is 45.0 Å². The van der Waals surface area contributed by atoms with Gasteiger partial charge in [0, 0.05) is 32.5 Å². The molecule has 1 atom stereocenters. The van der Waals surface area contributed by atoms with Crippen LogP contribution in [0.1, 0.15) is 68.4 Å². The number of pyridine rings is 1. The molecule has 2 aliphatic heterocycles. The first-order valence-corrected chi connectivity index (χ1v) is 16.8. The summed E-state index contributed by atoms with van der Waals surface area (Å²) in [6.07, 6.45) is 7.07. The lowest BCUT2D eigenvalue weighted by Crippen LogP contribution is -2.24. The third-order valence-electron chi connectivity index (χ3n) is 9.17. The van der Waals surface area contributed by atoms with E-state index in [1.165, 1.54) is 24.1 Å². The summed E-state index contributed by atoms with van der Waals surface area (Å²) in [5.74, 6) is 0.488. The number of hydrogen-bond acceptors (Lipinski definition) is 5. The second-order valence-electron chi connectivity index (χ2n) is 12.7. The summed E-state index contributed by atoms with van der Waals surface area (Å²) < 4.78 is 29.1. The van der Waals surface area contributed by atoms with Gasteiger partial charge in [-0.25, -0.2) is 4.39 Å². The van der Waals surface area contributed by atoms with Crippen LogP contribution in [0.15, 0.2) is 77.7 Å². The third-order valence-corrected chi connectivity index (χ3v) is 9.17. The van der Waals surface area contributed by atoms with Crippen LogP contribution < -0.4 is 15.1 Å². The molecular weight excluding hydrogens is 591 g/mol. The van der Waals surface area contributed by atoms with E-state index in [0.717, 1.165) is 74.9 Å². The van der Waals surface area contributed by atoms with Crippen molar-refractivity contribution >= 4 is 33.1 Å². The monoisotopic (exact) mass is 634 g/mol. The van der Waals surface area contributed by atoms with E-state index in [-0.39, 0.29) is 16.7 Å². The van der Waals surface area contributed by atoms with Crippen LogP contribution in [-0.4, -0.2) is 36.7 Å². The summed E-state index contributed by atoms with van der Waals surface area (Å²) in [4.78, 5) is 27.4. The molecule has 0 aliphatic carbocycles. The number of fused-ring (bicyclic) bond motifs is 3. The number of benzene rings is 4. The van der Waals surface area contributed by atoms with Gasteiger partial charge in [0.05, 0.1) is 16.6 Å². The molecule has 1 saturated heterocycles. The fourth-order valence-corrected chi connectivity index (χ4v) is 6.73. The van der Waals surface area contributed by atoms with Crippen LogP contribution >= 0.6 is 0 Å². The molecule has 0 radical (unpaired) electrons. The Morgan fingerprint density at radius 1 is 1.00 bits per heavy atom. The van der Waals surface area contributed by atoms with E-state index >= 15 is 4.39 Å². The molecular formula is C40H43FN2O4. The molecule has 1 aromatic heterocycles. The van der Waals surface area contributed by atoms with Gasteiger partial charge in [-0.3, -0.25) is 9.59 Å². The van der Waals surface area contributed by atoms with E-state index in [0.29, 0.717) is 28.6 Å². The Bertz CT molecular complexity index is 2000. The Balaban J connectivity index is 0.000000218. The molecule has 1 unspecified atom stereocenters. The van der Waals surface area contributed by atoms with Gasteiger partial charge in [0.15, 0.2) is 28.5 Å². The minimum atomic E-state index is -0.504. The molecule has 5 aromatic rings. The van der Waals surface area contributed by atoms with Gasteiger partial charge in [-0.05, 0) is 85.0 Å².